The monoisotopic (exact) mass is 315 g/mol. The van der Waals surface area contributed by atoms with Gasteiger partial charge in [0, 0.05) is 0 Å². The lowest BCUT2D eigenvalue weighted by molar-refractivity contribution is -0.659. The van der Waals surface area contributed by atoms with Gasteiger partial charge in [0.15, 0.2) is 6.20 Å². The van der Waals surface area contributed by atoms with Gasteiger partial charge >= 0.3 is 11.8 Å². The normalized spacial score (nSPS) is 16.3. The lowest BCUT2D eigenvalue weighted by Crippen LogP contribution is -2.41. The third kappa shape index (κ3) is 5.95. The van der Waals surface area contributed by atoms with Crippen molar-refractivity contribution in [1.82, 2.24) is 0 Å². The summed E-state index contributed by atoms with van der Waals surface area (Å²) in [6.45, 7) is 8.14. The number of imide groups is 1. The molecular weight excluding hydrogens is 290 g/mol. The molecule has 0 bridgehead atoms. The number of rotatable bonds is 7. The number of carbonyl (C=O) groups excluding carboxylic acids is 2. The fourth-order valence-corrected chi connectivity index (χ4v) is 2.10. The van der Waals surface area contributed by atoms with Gasteiger partial charge in [-0.25, -0.2) is 9.59 Å². The van der Waals surface area contributed by atoms with Crippen LogP contribution in [0, 0.1) is 5.21 Å². The highest BCUT2D eigenvalue weighted by Gasteiger charge is 2.36. The Labute approximate surface area is 138 Å². The number of carbonyl (C=O) groups is 2. The number of hydroxylamine groups is 3. The van der Waals surface area contributed by atoms with Crippen LogP contribution in [-0.2, 0) is 9.59 Å². The second-order valence-electron chi connectivity index (χ2n) is 6.13. The molecule has 0 N–H and O–H groups in total. The zero-order valence-electron chi connectivity index (χ0n) is 14.4. The van der Waals surface area contributed by atoms with E-state index in [9.17, 15) is 14.8 Å². The summed E-state index contributed by atoms with van der Waals surface area (Å²) in [5.74, 6) is -1.55. The maximum absolute atomic E-state index is 12.1. The minimum Gasteiger partial charge on any atom is -0.611 e. The van der Waals surface area contributed by atoms with Crippen LogP contribution >= 0.6 is 0 Å². The van der Waals surface area contributed by atoms with Crippen molar-refractivity contribution in [3.63, 3.8) is 0 Å². The van der Waals surface area contributed by atoms with Gasteiger partial charge in [-0.15, -0.1) is 0 Å². The van der Waals surface area contributed by atoms with E-state index in [1.54, 1.807) is 0 Å². The Morgan fingerprint density at radius 1 is 1.04 bits per heavy atom. The van der Waals surface area contributed by atoms with E-state index in [2.05, 4.69) is 38.7 Å². The van der Waals surface area contributed by atoms with Gasteiger partial charge in [-0.2, -0.15) is 4.65 Å². The summed E-state index contributed by atoms with van der Waals surface area (Å²) in [5.41, 5.74) is 6.30. The molecule has 0 saturated heterocycles. The van der Waals surface area contributed by atoms with Gasteiger partial charge in [-0.3, -0.25) is 0 Å². The maximum atomic E-state index is 12.1. The number of hydrogen-bond acceptors (Lipinski definition) is 3. The summed E-state index contributed by atoms with van der Waals surface area (Å²) in [7, 11) is 0. The molecule has 0 fully saturated rings. The van der Waals surface area contributed by atoms with Gasteiger partial charge in [0.1, 0.15) is 0 Å². The summed E-state index contributed by atoms with van der Waals surface area (Å²) in [6, 6.07) is 0. The van der Waals surface area contributed by atoms with Crippen molar-refractivity contribution in [2.75, 3.05) is 0 Å². The Balaban J connectivity index is 2.55. The molecule has 0 atom stereocenters. The fourth-order valence-electron chi connectivity index (χ4n) is 2.10. The largest absolute Gasteiger partial charge is 0.611 e. The third-order valence-corrected chi connectivity index (χ3v) is 3.62. The van der Waals surface area contributed by atoms with E-state index in [4.69, 9.17) is 0 Å². The van der Waals surface area contributed by atoms with Gasteiger partial charge < -0.3 is 5.21 Å². The molecule has 0 aromatic carbocycles. The number of hydrogen-bond donors (Lipinski definition) is 0. The molecule has 1 aliphatic rings. The van der Waals surface area contributed by atoms with E-state index >= 15 is 0 Å². The summed E-state index contributed by atoms with van der Waals surface area (Å²) < 4.78 is -1.59. The van der Waals surface area contributed by atoms with Gasteiger partial charge in [0.2, 0.25) is 0 Å². The zero-order valence-corrected chi connectivity index (χ0v) is 14.4. The van der Waals surface area contributed by atoms with Crippen molar-refractivity contribution in [2.24, 2.45) is 0 Å². The summed E-state index contributed by atoms with van der Waals surface area (Å²) in [4.78, 5) is 22.9. The van der Waals surface area contributed by atoms with Crippen molar-refractivity contribution < 1.29 is 14.2 Å². The van der Waals surface area contributed by atoms with Crippen LogP contribution in [-0.4, -0.2) is 16.5 Å². The first-order chi connectivity index (χ1) is 10.8. The van der Waals surface area contributed by atoms with Crippen LogP contribution in [0.2, 0.25) is 0 Å². The zero-order chi connectivity index (χ0) is 17.5. The standard InChI is InChI=1S/C19H25NO3/c1-15(2)7-5-8-16(3)9-6-10-17(4)13-14-20(23)18(21)11-12-19(20)22/h7,9,11-12,14H,5-6,8,10H2,1-4H3. The Morgan fingerprint density at radius 2 is 1.61 bits per heavy atom. The quantitative estimate of drug-likeness (QED) is 0.229. The van der Waals surface area contributed by atoms with E-state index in [-0.39, 0.29) is 0 Å². The van der Waals surface area contributed by atoms with Gasteiger partial charge in [-0.05, 0) is 59.0 Å². The Kier molecular flexibility index (Phi) is 7.11. The molecule has 0 aliphatic carbocycles. The molecule has 0 aromatic rings. The first-order valence-electron chi connectivity index (χ1n) is 7.85. The number of allylic oxidation sites excluding steroid dienone is 5. The minimum atomic E-state index is -1.59. The number of amides is 2. The second kappa shape index (κ2) is 8.59. The molecule has 1 heterocycles. The highest BCUT2D eigenvalue weighted by Crippen LogP contribution is 2.16. The van der Waals surface area contributed by atoms with E-state index in [0.717, 1.165) is 49.6 Å². The van der Waals surface area contributed by atoms with E-state index < -0.39 is 16.5 Å². The smallest absolute Gasteiger partial charge is 0.351 e. The first-order valence-corrected chi connectivity index (χ1v) is 7.85. The van der Waals surface area contributed by atoms with Crippen LogP contribution < -0.4 is 0 Å². The molecule has 4 heteroatoms. The highest BCUT2D eigenvalue weighted by atomic mass is 16.6. The lowest BCUT2D eigenvalue weighted by atomic mass is 10.1. The third-order valence-electron chi connectivity index (χ3n) is 3.62. The fraction of sp³-hybridized carbons (Fsp3) is 0.421. The van der Waals surface area contributed by atoms with Crippen LogP contribution in [0.25, 0.3) is 0 Å². The molecule has 0 aromatic heterocycles. The molecule has 124 valence electrons. The molecule has 0 unspecified atom stereocenters. The van der Waals surface area contributed by atoms with Crippen LogP contribution in [0.3, 0.4) is 0 Å². The van der Waals surface area contributed by atoms with Crippen LogP contribution in [0.1, 0.15) is 53.4 Å². The highest BCUT2D eigenvalue weighted by molar-refractivity contribution is 6.04. The summed E-state index contributed by atoms with van der Waals surface area (Å²) in [6.07, 6.45) is 11.1. The van der Waals surface area contributed by atoms with Crippen molar-refractivity contribution in [2.45, 2.75) is 53.4 Å². The van der Waals surface area contributed by atoms with Crippen molar-refractivity contribution in [3.05, 3.63) is 58.2 Å². The van der Waals surface area contributed by atoms with Gasteiger partial charge in [-0.1, -0.05) is 29.0 Å². The molecule has 0 saturated carbocycles. The molecular formula is C19H25NO3. The summed E-state index contributed by atoms with van der Waals surface area (Å²) in [5, 5.41) is 12.1. The van der Waals surface area contributed by atoms with E-state index in [1.807, 2.05) is 6.92 Å². The molecule has 23 heavy (non-hydrogen) atoms. The molecule has 4 nitrogen and oxygen atoms in total. The predicted octanol–water partition coefficient (Wildman–Crippen LogP) is 4.46. The van der Waals surface area contributed by atoms with Gasteiger partial charge in [0.05, 0.1) is 12.2 Å². The van der Waals surface area contributed by atoms with E-state index in [1.165, 1.54) is 11.1 Å². The number of nitrogens with zero attached hydrogens (tertiary/aromatic N) is 1. The topological polar surface area (TPSA) is 57.2 Å². The molecule has 1 aliphatic heterocycles. The van der Waals surface area contributed by atoms with Crippen molar-refractivity contribution in [3.8, 4) is 0 Å². The van der Waals surface area contributed by atoms with Crippen molar-refractivity contribution in [1.29, 1.82) is 0 Å². The van der Waals surface area contributed by atoms with Crippen LogP contribution in [0.4, 0.5) is 0 Å². The van der Waals surface area contributed by atoms with Crippen molar-refractivity contribution >= 4 is 11.8 Å². The second-order valence-corrected chi connectivity index (χ2v) is 6.13. The molecule has 0 radical (unpaired) electrons. The SMILES string of the molecule is CC(=C=C[N+]1([O-])C(=O)C=CC1=O)CCC=C(C)CCC=C(C)C. The molecule has 0 spiro atoms. The first kappa shape index (κ1) is 19.0. The van der Waals surface area contributed by atoms with Crippen LogP contribution in [0.5, 0.6) is 0 Å². The minimum absolute atomic E-state index is 0.742. The average molecular weight is 315 g/mol. The lowest BCUT2D eigenvalue weighted by Gasteiger charge is -2.25. The number of quaternary nitrogens is 1. The van der Waals surface area contributed by atoms with Crippen LogP contribution in [0.15, 0.2) is 53.0 Å². The molecule has 2 amide bonds. The Hall–Kier alpha value is -2.00. The molecule has 1 rings (SSSR count). The van der Waals surface area contributed by atoms with E-state index in [0.29, 0.717) is 0 Å². The summed E-state index contributed by atoms with van der Waals surface area (Å²) >= 11 is 0. The Bertz CT molecular complexity index is 607. The maximum Gasteiger partial charge on any atom is 0.351 e. The van der Waals surface area contributed by atoms with Gasteiger partial charge in [0.25, 0.3) is 0 Å². The predicted molar refractivity (Wildman–Crippen MR) is 91.7 cm³/mol. The Morgan fingerprint density at radius 3 is 2.17 bits per heavy atom. The average Bonchev–Trinajstić information content (AvgIpc) is 2.73.